The Labute approximate surface area is 166 Å². The van der Waals surface area contributed by atoms with Gasteiger partial charge in [0.25, 0.3) is 0 Å². The van der Waals surface area contributed by atoms with E-state index in [1.807, 2.05) is 30.3 Å². The Balaban J connectivity index is 1.68. The first-order valence-electron chi connectivity index (χ1n) is 8.95. The number of carbonyl (C=O) groups is 1. The lowest BCUT2D eigenvalue weighted by atomic mass is 9.98. The van der Waals surface area contributed by atoms with Crippen LogP contribution in [0.15, 0.2) is 77.9 Å². The zero-order chi connectivity index (χ0) is 20.4. The highest BCUT2D eigenvalue weighted by Crippen LogP contribution is 2.34. The lowest BCUT2D eigenvalue weighted by Crippen LogP contribution is -2.29. The number of nitrogens with zero attached hydrogens (tertiary/aromatic N) is 2. The second-order valence-electron chi connectivity index (χ2n) is 6.58. The van der Waals surface area contributed by atoms with E-state index in [4.69, 9.17) is 10.5 Å². The summed E-state index contributed by atoms with van der Waals surface area (Å²) < 4.78 is 33.3. The van der Waals surface area contributed by atoms with Gasteiger partial charge in [0.15, 0.2) is 0 Å². The number of rotatable bonds is 3. The summed E-state index contributed by atoms with van der Waals surface area (Å²) in [5.41, 5.74) is 7.28. The maximum atomic E-state index is 14.3. The average molecular weight is 393 g/mol. The van der Waals surface area contributed by atoms with Gasteiger partial charge in [-0.1, -0.05) is 30.3 Å². The normalized spacial score (nSPS) is 15.9. The first-order chi connectivity index (χ1) is 14.0. The fourth-order valence-electron chi connectivity index (χ4n) is 3.18. The predicted octanol–water partition coefficient (Wildman–Crippen LogP) is 4.90. The van der Waals surface area contributed by atoms with Gasteiger partial charge >= 0.3 is 6.09 Å². The van der Waals surface area contributed by atoms with Crippen molar-refractivity contribution >= 4 is 17.5 Å². The molecule has 3 aromatic carbocycles. The molecule has 1 aliphatic rings. The number of hydrogen-bond acceptors (Lipinski definition) is 4. The molecule has 0 fully saturated rings. The summed E-state index contributed by atoms with van der Waals surface area (Å²) in [6, 6.07) is 18.2. The Morgan fingerprint density at radius 3 is 2.48 bits per heavy atom. The van der Waals surface area contributed by atoms with Crippen LogP contribution in [0.3, 0.4) is 0 Å². The highest BCUT2D eigenvalue weighted by atomic mass is 19.1. The fraction of sp³-hybridized carbons (Fsp3) is 0.0909. The van der Waals surface area contributed by atoms with E-state index in [2.05, 4.69) is 5.10 Å². The molecule has 1 aliphatic heterocycles. The second-order valence-corrected chi connectivity index (χ2v) is 6.58. The third kappa shape index (κ3) is 3.94. The number of anilines is 1. The average Bonchev–Trinajstić information content (AvgIpc) is 3.17. The van der Waals surface area contributed by atoms with Crippen LogP contribution in [-0.2, 0) is 0 Å². The summed E-state index contributed by atoms with van der Waals surface area (Å²) in [4.78, 5) is 12.8. The highest BCUT2D eigenvalue weighted by Gasteiger charge is 2.35. The molecule has 0 aliphatic carbocycles. The molecule has 1 amide bonds. The van der Waals surface area contributed by atoms with Gasteiger partial charge in [0.2, 0.25) is 0 Å². The van der Waals surface area contributed by atoms with Gasteiger partial charge in [-0.3, -0.25) is 0 Å². The van der Waals surface area contributed by atoms with E-state index >= 15 is 0 Å². The molecule has 146 valence electrons. The van der Waals surface area contributed by atoms with Crippen LogP contribution in [0.5, 0.6) is 5.75 Å². The number of halogens is 2. The number of ether oxygens (including phenoxy) is 1. The van der Waals surface area contributed by atoms with Gasteiger partial charge in [-0.05, 0) is 48.0 Å². The van der Waals surface area contributed by atoms with Crippen LogP contribution < -0.4 is 10.5 Å². The van der Waals surface area contributed by atoms with E-state index < -0.39 is 23.8 Å². The summed E-state index contributed by atoms with van der Waals surface area (Å²) in [6.07, 6.45) is -0.503. The predicted molar refractivity (Wildman–Crippen MR) is 105 cm³/mol. The van der Waals surface area contributed by atoms with Crippen molar-refractivity contribution in [3.63, 3.8) is 0 Å². The molecule has 7 heteroatoms. The molecule has 0 saturated carbocycles. The van der Waals surface area contributed by atoms with E-state index in [-0.39, 0.29) is 17.7 Å². The topological polar surface area (TPSA) is 67.9 Å². The van der Waals surface area contributed by atoms with Crippen LogP contribution >= 0.6 is 0 Å². The number of benzene rings is 3. The van der Waals surface area contributed by atoms with Crippen LogP contribution in [0, 0.1) is 11.6 Å². The molecule has 5 nitrogen and oxygen atoms in total. The van der Waals surface area contributed by atoms with Crippen molar-refractivity contribution in [2.75, 3.05) is 5.73 Å². The monoisotopic (exact) mass is 393 g/mol. The van der Waals surface area contributed by atoms with Crippen LogP contribution in [0.1, 0.15) is 23.6 Å². The minimum absolute atomic E-state index is 0.0220. The Bertz CT molecular complexity index is 1070. The van der Waals surface area contributed by atoms with Crippen molar-refractivity contribution in [2.45, 2.75) is 12.5 Å². The van der Waals surface area contributed by atoms with E-state index in [1.165, 1.54) is 0 Å². The molecule has 1 heterocycles. The Hall–Kier alpha value is -3.74. The van der Waals surface area contributed by atoms with Gasteiger partial charge in [-0.15, -0.1) is 0 Å². The van der Waals surface area contributed by atoms with Crippen molar-refractivity contribution in [2.24, 2.45) is 5.10 Å². The minimum atomic E-state index is -0.726. The summed E-state index contributed by atoms with van der Waals surface area (Å²) >= 11 is 0. The van der Waals surface area contributed by atoms with Crippen molar-refractivity contribution in [1.29, 1.82) is 0 Å². The molecule has 1 unspecified atom stereocenters. The van der Waals surface area contributed by atoms with Crippen molar-refractivity contribution in [3.05, 3.63) is 95.6 Å². The number of amides is 1. The summed E-state index contributed by atoms with van der Waals surface area (Å²) in [6.45, 7) is 0. The zero-order valence-corrected chi connectivity index (χ0v) is 15.3. The van der Waals surface area contributed by atoms with Gasteiger partial charge in [0.1, 0.15) is 17.4 Å². The molecule has 1 atom stereocenters. The van der Waals surface area contributed by atoms with E-state index in [0.29, 0.717) is 11.4 Å². The quantitative estimate of drug-likeness (QED) is 0.644. The Kier molecular flexibility index (Phi) is 4.95. The summed E-state index contributed by atoms with van der Waals surface area (Å²) in [5.74, 6) is -0.884. The SMILES string of the molecule is Nc1ccc(OC(=O)N2N=C(c3cc(F)ccc3F)CC2c2ccccc2)cc1. The van der Waals surface area contributed by atoms with E-state index in [9.17, 15) is 13.6 Å². The largest absolute Gasteiger partial charge is 0.436 e. The zero-order valence-electron chi connectivity index (χ0n) is 15.3. The lowest BCUT2D eigenvalue weighted by Gasteiger charge is -2.21. The smallest absolute Gasteiger partial charge is 0.409 e. The second kappa shape index (κ2) is 7.71. The first-order valence-corrected chi connectivity index (χ1v) is 8.95. The van der Waals surface area contributed by atoms with Crippen molar-refractivity contribution in [3.8, 4) is 5.75 Å². The Morgan fingerprint density at radius 1 is 1.03 bits per heavy atom. The number of nitrogen functional groups attached to an aromatic ring is 1. The minimum Gasteiger partial charge on any atom is -0.409 e. The molecule has 4 rings (SSSR count). The number of hydrazone groups is 1. The standard InChI is InChI=1S/C22H17F2N3O2/c23-15-6-11-19(24)18(12-15)20-13-21(14-4-2-1-3-5-14)27(26-20)22(28)29-17-9-7-16(25)8-10-17/h1-12,21H,13,25H2. The summed E-state index contributed by atoms with van der Waals surface area (Å²) in [5, 5.41) is 5.43. The Morgan fingerprint density at radius 2 is 1.76 bits per heavy atom. The van der Waals surface area contributed by atoms with Crippen LogP contribution in [0.4, 0.5) is 19.3 Å². The van der Waals surface area contributed by atoms with Crippen LogP contribution in [0.25, 0.3) is 0 Å². The number of nitrogens with two attached hydrogens (primary N) is 1. The highest BCUT2D eigenvalue weighted by molar-refractivity contribution is 6.03. The van der Waals surface area contributed by atoms with Gasteiger partial charge in [-0.2, -0.15) is 10.1 Å². The van der Waals surface area contributed by atoms with Crippen LogP contribution in [0.2, 0.25) is 0 Å². The molecule has 2 N–H and O–H groups in total. The number of hydrogen-bond donors (Lipinski definition) is 1. The van der Waals surface area contributed by atoms with Gasteiger partial charge < -0.3 is 10.5 Å². The van der Waals surface area contributed by atoms with Gasteiger partial charge in [0, 0.05) is 17.7 Å². The van der Waals surface area contributed by atoms with Crippen molar-refractivity contribution < 1.29 is 18.3 Å². The van der Waals surface area contributed by atoms with Crippen molar-refractivity contribution in [1.82, 2.24) is 5.01 Å². The molecule has 3 aromatic rings. The fourth-order valence-corrected chi connectivity index (χ4v) is 3.18. The molecule has 0 spiro atoms. The molecule has 0 bridgehead atoms. The molecule has 29 heavy (non-hydrogen) atoms. The van der Waals surface area contributed by atoms with Gasteiger partial charge in [-0.25, -0.2) is 13.6 Å². The maximum Gasteiger partial charge on any atom is 0.436 e. The van der Waals surface area contributed by atoms with Gasteiger partial charge in [0.05, 0.1) is 11.8 Å². The van der Waals surface area contributed by atoms with Crippen LogP contribution in [-0.4, -0.2) is 16.8 Å². The maximum absolute atomic E-state index is 14.3. The van der Waals surface area contributed by atoms with E-state index in [0.717, 1.165) is 28.8 Å². The molecule has 0 saturated heterocycles. The third-order valence-electron chi connectivity index (χ3n) is 4.61. The molecular weight excluding hydrogens is 376 g/mol. The number of carbonyl (C=O) groups excluding carboxylic acids is 1. The molecule has 0 aromatic heterocycles. The first kappa shape index (κ1) is 18.6. The molecule has 0 radical (unpaired) electrons. The molecular formula is C22H17F2N3O2. The summed E-state index contributed by atoms with van der Waals surface area (Å²) in [7, 11) is 0. The third-order valence-corrected chi connectivity index (χ3v) is 4.61. The lowest BCUT2D eigenvalue weighted by molar-refractivity contribution is 0.141. The van der Waals surface area contributed by atoms with E-state index in [1.54, 1.807) is 24.3 Å².